The zero-order valence-corrected chi connectivity index (χ0v) is 10.5. The van der Waals surface area contributed by atoms with Crippen molar-refractivity contribution in [2.24, 2.45) is 5.92 Å². The van der Waals surface area contributed by atoms with Crippen LogP contribution in [0.3, 0.4) is 0 Å². The molecule has 0 saturated heterocycles. The summed E-state index contributed by atoms with van der Waals surface area (Å²) < 4.78 is 43.5. The van der Waals surface area contributed by atoms with Crippen LogP contribution in [-0.2, 0) is 15.7 Å². The maximum absolute atomic E-state index is 12.9. The molecule has 2 atom stereocenters. The summed E-state index contributed by atoms with van der Waals surface area (Å²) in [5.74, 6) is -1.17. The van der Waals surface area contributed by atoms with Crippen molar-refractivity contribution >= 4 is 5.97 Å². The lowest BCUT2D eigenvalue weighted by atomic mass is 10.0. The molecule has 1 aliphatic carbocycles. The highest BCUT2D eigenvalue weighted by Gasteiger charge is 2.48. The van der Waals surface area contributed by atoms with Gasteiger partial charge in [-0.05, 0) is 30.4 Å². The summed E-state index contributed by atoms with van der Waals surface area (Å²) in [6.07, 6.45) is -3.23. The van der Waals surface area contributed by atoms with E-state index in [0.29, 0.717) is 19.4 Å². The zero-order valence-electron chi connectivity index (χ0n) is 10.5. The van der Waals surface area contributed by atoms with Gasteiger partial charge < -0.3 is 4.74 Å². The summed E-state index contributed by atoms with van der Waals surface area (Å²) in [6, 6.07) is 5.43. The second-order valence-corrected chi connectivity index (χ2v) is 4.70. The number of rotatable bonds is 4. The van der Waals surface area contributed by atoms with Crippen LogP contribution in [0.4, 0.5) is 13.2 Å². The topological polar surface area (TPSA) is 26.3 Å². The molecule has 0 amide bonds. The Morgan fingerprint density at radius 3 is 2.68 bits per heavy atom. The first kappa shape index (κ1) is 13.9. The van der Waals surface area contributed by atoms with Crippen molar-refractivity contribution in [2.75, 3.05) is 6.61 Å². The molecule has 1 aliphatic rings. The van der Waals surface area contributed by atoms with Gasteiger partial charge in [0, 0.05) is 0 Å². The molecule has 19 heavy (non-hydrogen) atoms. The molecule has 2 unspecified atom stereocenters. The van der Waals surface area contributed by atoms with Gasteiger partial charge in [0.05, 0.1) is 18.1 Å². The summed E-state index contributed by atoms with van der Waals surface area (Å²) in [7, 11) is 0. The van der Waals surface area contributed by atoms with E-state index in [0.717, 1.165) is 6.07 Å². The van der Waals surface area contributed by atoms with Crippen molar-refractivity contribution in [3.8, 4) is 0 Å². The highest BCUT2D eigenvalue weighted by molar-refractivity contribution is 5.77. The summed E-state index contributed by atoms with van der Waals surface area (Å²) in [5, 5.41) is 0. The van der Waals surface area contributed by atoms with Crippen LogP contribution in [0.2, 0.25) is 0 Å². The van der Waals surface area contributed by atoms with Gasteiger partial charge in [0.1, 0.15) is 0 Å². The fourth-order valence-corrected chi connectivity index (χ4v) is 2.19. The molecule has 1 aromatic rings. The molecule has 1 saturated carbocycles. The van der Waals surface area contributed by atoms with Gasteiger partial charge in [-0.15, -0.1) is 0 Å². The van der Waals surface area contributed by atoms with Crippen molar-refractivity contribution in [3.05, 3.63) is 35.4 Å². The van der Waals surface area contributed by atoms with Gasteiger partial charge in [-0.3, -0.25) is 4.79 Å². The lowest BCUT2D eigenvalue weighted by molar-refractivity contribution is -0.145. The molecule has 104 valence electrons. The molecule has 1 fully saturated rings. The number of alkyl halides is 3. The molecule has 0 N–H and O–H groups in total. The van der Waals surface area contributed by atoms with Gasteiger partial charge in [-0.1, -0.05) is 25.1 Å². The van der Waals surface area contributed by atoms with Gasteiger partial charge >= 0.3 is 12.1 Å². The van der Waals surface area contributed by atoms with Crippen molar-refractivity contribution in [1.82, 2.24) is 0 Å². The summed E-state index contributed by atoms with van der Waals surface area (Å²) in [6.45, 7) is 2.19. The van der Waals surface area contributed by atoms with Crippen LogP contribution in [0.25, 0.3) is 0 Å². The molecule has 0 radical (unpaired) electrons. The molecule has 0 aliphatic heterocycles. The maximum atomic E-state index is 12.9. The van der Waals surface area contributed by atoms with E-state index in [-0.39, 0.29) is 17.5 Å². The van der Waals surface area contributed by atoms with Crippen molar-refractivity contribution < 1.29 is 22.7 Å². The lowest BCUT2D eigenvalue weighted by Crippen LogP contribution is -2.11. The molecule has 0 bridgehead atoms. The average Bonchev–Trinajstić information content (AvgIpc) is 3.15. The molecular weight excluding hydrogens is 257 g/mol. The van der Waals surface area contributed by atoms with E-state index < -0.39 is 17.7 Å². The average molecular weight is 272 g/mol. The first-order valence-corrected chi connectivity index (χ1v) is 6.28. The van der Waals surface area contributed by atoms with Crippen LogP contribution in [0, 0.1) is 5.92 Å². The number of hydrogen-bond acceptors (Lipinski definition) is 2. The monoisotopic (exact) mass is 272 g/mol. The Hall–Kier alpha value is -1.52. The van der Waals surface area contributed by atoms with E-state index in [1.54, 1.807) is 6.07 Å². The first-order valence-electron chi connectivity index (χ1n) is 6.28. The Morgan fingerprint density at radius 1 is 1.37 bits per heavy atom. The Morgan fingerprint density at radius 2 is 2.05 bits per heavy atom. The fourth-order valence-electron chi connectivity index (χ4n) is 2.19. The largest absolute Gasteiger partial charge is 0.465 e. The Kier molecular flexibility index (Phi) is 3.83. The van der Waals surface area contributed by atoms with Crippen molar-refractivity contribution in [2.45, 2.75) is 31.9 Å². The van der Waals surface area contributed by atoms with Crippen LogP contribution < -0.4 is 0 Å². The van der Waals surface area contributed by atoms with E-state index in [4.69, 9.17) is 4.74 Å². The number of hydrogen-bond donors (Lipinski definition) is 0. The normalized spacial score (nSPS) is 22.1. The van der Waals surface area contributed by atoms with Crippen LogP contribution in [0.5, 0.6) is 0 Å². The molecule has 0 spiro atoms. The standard InChI is InChI=1S/C14H15F3O2/c1-2-7-19-13(18)11-8-10(11)9-5-3-4-6-12(9)14(15,16)17/h3-6,10-11H,2,7-8H2,1H3. The second kappa shape index (κ2) is 5.23. The molecule has 1 aromatic carbocycles. The van der Waals surface area contributed by atoms with Crippen molar-refractivity contribution in [1.29, 1.82) is 0 Å². The van der Waals surface area contributed by atoms with E-state index in [9.17, 15) is 18.0 Å². The number of carbonyl (C=O) groups is 1. The third-order valence-electron chi connectivity index (χ3n) is 3.21. The van der Waals surface area contributed by atoms with Gasteiger partial charge in [-0.2, -0.15) is 13.2 Å². The SMILES string of the molecule is CCCOC(=O)C1CC1c1ccccc1C(F)(F)F. The highest BCUT2D eigenvalue weighted by Crippen LogP contribution is 2.51. The van der Waals surface area contributed by atoms with Crippen LogP contribution >= 0.6 is 0 Å². The minimum Gasteiger partial charge on any atom is -0.465 e. The van der Waals surface area contributed by atoms with Gasteiger partial charge in [0.25, 0.3) is 0 Å². The molecule has 2 nitrogen and oxygen atoms in total. The molecule has 0 heterocycles. The number of esters is 1. The van der Waals surface area contributed by atoms with Gasteiger partial charge in [0.15, 0.2) is 0 Å². The molecule has 2 rings (SSSR count). The van der Waals surface area contributed by atoms with E-state index in [2.05, 4.69) is 0 Å². The maximum Gasteiger partial charge on any atom is 0.416 e. The number of halogens is 3. The predicted octanol–water partition coefficient (Wildman–Crippen LogP) is 3.76. The minimum absolute atomic E-state index is 0.202. The van der Waals surface area contributed by atoms with Gasteiger partial charge in [0.2, 0.25) is 0 Å². The van der Waals surface area contributed by atoms with Crippen molar-refractivity contribution in [3.63, 3.8) is 0 Å². The van der Waals surface area contributed by atoms with Crippen LogP contribution in [-0.4, -0.2) is 12.6 Å². The van der Waals surface area contributed by atoms with E-state index >= 15 is 0 Å². The highest BCUT2D eigenvalue weighted by atomic mass is 19.4. The summed E-state index contributed by atoms with van der Waals surface area (Å²) >= 11 is 0. The van der Waals surface area contributed by atoms with Crippen LogP contribution in [0.15, 0.2) is 24.3 Å². The van der Waals surface area contributed by atoms with Crippen LogP contribution in [0.1, 0.15) is 36.8 Å². The van der Waals surface area contributed by atoms with E-state index in [1.807, 2.05) is 6.92 Å². The number of ether oxygens (including phenoxy) is 1. The quantitative estimate of drug-likeness (QED) is 0.780. The van der Waals surface area contributed by atoms with Gasteiger partial charge in [-0.25, -0.2) is 0 Å². The number of benzene rings is 1. The third-order valence-corrected chi connectivity index (χ3v) is 3.21. The minimum atomic E-state index is -4.38. The Labute approximate surface area is 109 Å². The zero-order chi connectivity index (χ0) is 14.0. The van der Waals surface area contributed by atoms with E-state index in [1.165, 1.54) is 12.1 Å². The number of carbonyl (C=O) groups excluding carboxylic acids is 1. The molecular formula is C14H15F3O2. The second-order valence-electron chi connectivity index (χ2n) is 4.70. The Bertz CT molecular complexity index is 468. The lowest BCUT2D eigenvalue weighted by Gasteiger charge is -2.12. The first-order chi connectivity index (χ1) is 8.95. The fraction of sp³-hybridized carbons (Fsp3) is 0.500. The molecule has 0 aromatic heterocycles. The third kappa shape index (κ3) is 3.08. The summed E-state index contributed by atoms with van der Waals surface area (Å²) in [4.78, 5) is 11.6. The summed E-state index contributed by atoms with van der Waals surface area (Å²) in [5.41, 5.74) is -0.445. The predicted molar refractivity (Wildman–Crippen MR) is 63.5 cm³/mol. The smallest absolute Gasteiger partial charge is 0.416 e. The molecule has 5 heteroatoms. The Balaban J connectivity index is 2.11.